The third-order valence-electron chi connectivity index (χ3n) is 3.58. The smallest absolute Gasteiger partial charge is 0.173 e. The average molecular weight is 349 g/mol. The predicted octanol–water partition coefficient (Wildman–Crippen LogP) is 4.74. The maximum atomic E-state index is 6.08. The fourth-order valence-corrected chi connectivity index (χ4v) is 2.66. The summed E-state index contributed by atoms with van der Waals surface area (Å²) in [6.07, 6.45) is 0.998. The van der Waals surface area contributed by atoms with Crippen LogP contribution < -0.4 is 10.1 Å². The van der Waals surface area contributed by atoms with E-state index in [-0.39, 0.29) is 0 Å². The van der Waals surface area contributed by atoms with Crippen molar-refractivity contribution in [1.82, 2.24) is 4.90 Å². The Balaban J connectivity index is 2.06. The van der Waals surface area contributed by atoms with Gasteiger partial charge in [0.2, 0.25) is 0 Å². The van der Waals surface area contributed by atoms with Crippen LogP contribution in [0.25, 0.3) is 0 Å². The van der Waals surface area contributed by atoms with Gasteiger partial charge in [-0.3, -0.25) is 0 Å². The zero-order valence-corrected chi connectivity index (χ0v) is 15.2. The Bertz CT molecular complexity index is 690. The van der Waals surface area contributed by atoms with E-state index in [9.17, 15) is 0 Å². The van der Waals surface area contributed by atoms with Crippen LogP contribution in [0.15, 0.2) is 42.5 Å². The van der Waals surface area contributed by atoms with E-state index in [1.165, 1.54) is 5.56 Å². The van der Waals surface area contributed by atoms with Gasteiger partial charge < -0.3 is 15.0 Å². The van der Waals surface area contributed by atoms with Crippen molar-refractivity contribution < 1.29 is 4.74 Å². The van der Waals surface area contributed by atoms with Crippen molar-refractivity contribution in [3.63, 3.8) is 0 Å². The number of nitrogens with zero attached hydrogens (tertiary/aromatic N) is 1. The molecule has 0 aliphatic heterocycles. The van der Waals surface area contributed by atoms with Gasteiger partial charge in [-0.2, -0.15) is 0 Å². The predicted molar refractivity (Wildman–Crippen MR) is 102 cm³/mol. The molecular formula is C18H21ClN2OS. The molecule has 2 aromatic carbocycles. The second-order valence-electron chi connectivity index (χ2n) is 5.30. The number of hydrogen-bond acceptors (Lipinski definition) is 2. The second-order valence-corrected chi connectivity index (χ2v) is 6.12. The number of ether oxygens (including phenoxy) is 1. The molecule has 23 heavy (non-hydrogen) atoms. The van der Waals surface area contributed by atoms with Crippen molar-refractivity contribution in [2.45, 2.75) is 19.9 Å². The first-order valence-corrected chi connectivity index (χ1v) is 8.25. The second kappa shape index (κ2) is 8.18. The number of nitrogens with one attached hydrogen (secondary N) is 1. The highest BCUT2D eigenvalue weighted by molar-refractivity contribution is 7.80. The quantitative estimate of drug-likeness (QED) is 0.789. The summed E-state index contributed by atoms with van der Waals surface area (Å²) in [5.74, 6) is 0.803. The van der Waals surface area contributed by atoms with E-state index in [0.29, 0.717) is 16.7 Å². The molecule has 0 aliphatic rings. The topological polar surface area (TPSA) is 24.5 Å². The molecule has 5 heteroatoms. The van der Waals surface area contributed by atoms with Crippen LogP contribution in [0.1, 0.15) is 18.1 Å². The SMILES string of the molecule is CCc1cccc(NC(=S)N(C)Cc2cc(Cl)ccc2OC)c1. The Kier molecular flexibility index (Phi) is 6.25. The van der Waals surface area contributed by atoms with Crippen LogP contribution in [0.5, 0.6) is 5.75 Å². The lowest BCUT2D eigenvalue weighted by Crippen LogP contribution is -2.30. The number of benzene rings is 2. The molecule has 0 saturated heterocycles. The van der Waals surface area contributed by atoms with Crippen molar-refractivity contribution in [2.75, 3.05) is 19.5 Å². The number of hydrogen-bond donors (Lipinski definition) is 1. The van der Waals surface area contributed by atoms with Gasteiger partial charge in [0, 0.05) is 29.9 Å². The lowest BCUT2D eigenvalue weighted by molar-refractivity contribution is 0.399. The summed E-state index contributed by atoms with van der Waals surface area (Å²) in [6, 6.07) is 13.8. The zero-order chi connectivity index (χ0) is 16.8. The summed E-state index contributed by atoms with van der Waals surface area (Å²) >= 11 is 11.6. The molecule has 0 bridgehead atoms. The minimum Gasteiger partial charge on any atom is -0.496 e. The Morgan fingerprint density at radius 2 is 2.04 bits per heavy atom. The standard InChI is InChI=1S/C18H21ClN2OS/c1-4-13-6-5-7-16(10-13)20-18(23)21(2)12-14-11-15(19)8-9-17(14)22-3/h5-11H,4,12H2,1-3H3,(H,20,23). The van der Waals surface area contributed by atoms with Crippen molar-refractivity contribution in [3.8, 4) is 5.75 Å². The lowest BCUT2D eigenvalue weighted by Gasteiger charge is -2.22. The Morgan fingerprint density at radius 1 is 1.26 bits per heavy atom. The molecule has 122 valence electrons. The third kappa shape index (κ3) is 4.85. The van der Waals surface area contributed by atoms with Crippen molar-refractivity contribution in [1.29, 1.82) is 0 Å². The van der Waals surface area contributed by atoms with E-state index in [1.54, 1.807) is 7.11 Å². The van der Waals surface area contributed by atoms with Crippen LogP contribution in [0.2, 0.25) is 5.02 Å². The molecule has 0 fully saturated rings. The Morgan fingerprint density at radius 3 is 2.74 bits per heavy atom. The summed E-state index contributed by atoms with van der Waals surface area (Å²) in [6.45, 7) is 2.75. The molecule has 2 aromatic rings. The van der Waals surface area contributed by atoms with Crippen molar-refractivity contribution in [3.05, 3.63) is 58.6 Å². The highest BCUT2D eigenvalue weighted by Crippen LogP contribution is 2.24. The minimum atomic E-state index is 0.614. The molecule has 2 rings (SSSR count). The molecule has 0 amide bonds. The van der Waals surface area contributed by atoms with Gasteiger partial charge in [0.15, 0.2) is 5.11 Å². The monoisotopic (exact) mass is 348 g/mol. The van der Waals surface area contributed by atoms with Crippen LogP contribution in [0.3, 0.4) is 0 Å². The molecule has 0 radical (unpaired) electrons. The number of halogens is 1. The summed E-state index contributed by atoms with van der Waals surface area (Å²) < 4.78 is 5.38. The zero-order valence-electron chi connectivity index (χ0n) is 13.6. The highest BCUT2D eigenvalue weighted by atomic mass is 35.5. The van der Waals surface area contributed by atoms with Crippen molar-refractivity contribution in [2.24, 2.45) is 0 Å². The largest absolute Gasteiger partial charge is 0.496 e. The highest BCUT2D eigenvalue weighted by Gasteiger charge is 2.10. The molecule has 0 heterocycles. The normalized spacial score (nSPS) is 10.3. The number of methoxy groups -OCH3 is 1. The lowest BCUT2D eigenvalue weighted by atomic mass is 10.1. The van der Waals surface area contributed by atoms with E-state index in [4.69, 9.17) is 28.6 Å². The summed E-state index contributed by atoms with van der Waals surface area (Å²) in [7, 11) is 3.60. The number of thiocarbonyl (C=S) groups is 1. The molecule has 0 aromatic heterocycles. The van der Waals surface area contributed by atoms with Gasteiger partial charge in [0.25, 0.3) is 0 Å². The maximum absolute atomic E-state index is 6.08. The molecule has 0 saturated carbocycles. The van der Waals surface area contributed by atoms with Gasteiger partial charge >= 0.3 is 0 Å². The van der Waals surface area contributed by atoms with Gasteiger partial charge in [-0.25, -0.2) is 0 Å². The first-order chi connectivity index (χ1) is 11.0. The molecule has 3 nitrogen and oxygen atoms in total. The molecular weight excluding hydrogens is 328 g/mol. The van der Waals surface area contributed by atoms with Crippen LogP contribution >= 0.6 is 23.8 Å². The number of aryl methyl sites for hydroxylation is 1. The Hall–Kier alpha value is -1.78. The van der Waals surface area contributed by atoms with E-state index >= 15 is 0 Å². The molecule has 0 spiro atoms. The Labute approximate surface area is 148 Å². The summed E-state index contributed by atoms with van der Waals surface area (Å²) in [4.78, 5) is 1.96. The van der Waals surface area contributed by atoms with Crippen LogP contribution in [0.4, 0.5) is 5.69 Å². The fraction of sp³-hybridized carbons (Fsp3) is 0.278. The first-order valence-electron chi connectivity index (χ1n) is 7.47. The molecule has 1 N–H and O–H groups in total. The minimum absolute atomic E-state index is 0.614. The third-order valence-corrected chi connectivity index (χ3v) is 4.23. The van der Waals surface area contributed by atoms with Gasteiger partial charge in [-0.15, -0.1) is 0 Å². The van der Waals surface area contributed by atoms with E-state index in [0.717, 1.165) is 23.4 Å². The van der Waals surface area contributed by atoms with E-state index in [1.807, 2.05) is 42.3 Å². The summed E-state index contributed by atoms with van der Waals surface area (Å²) in [5, 5.41) is 4.61. The molecule has 0 atom stereocenters. The first kappa shape index (κ1) is 17.6. The van der Waals surface area contributed by atoms with Gasteiger partial charge in [-0.05, 0) is 54.5 Å². The van der Waals surface area contributed by atoms with Crippen LogP contribution in [-0.4, -0.2) is 24.2 Å². The van der Waals surface area contributed by atoms with Crippen molar-refractivity contribution >= 4 is 34.6 Å². The van der Waals surface area contributed by atoms with Crippen LogP contribution in [-0.2, 0) is 13.0 Å². The molecule has 0 aliphatic carbocycles. The number of anilines is 1. The van der Waals surface area contributed by atoms with E-state index in [2.05, 4.69) is 24.4 Å². The van der Waals surface area contributed by atoms with Gasteiger partial charge in [0.1, 0.15) is 5.75 Å². The number of rotatable bonds is 5. The molecule has 0 unspecified atom stereocenters. The maximum Gasteiger partial charge on any atom is 0.173 e. The summed E-state index contributed by atoms with van der Waals surface area (Å²) in [5.41, 5.74) is 3.27. The van der Waals surface area contributed by atoms with E-state index < -0.39 is 0 Å². The fourth-order valence-electron chi connectivity index (χ4n) is 2.29. The van der Waals surface area contributed by atoms with Gasteiger partial charge in [-0.1, -0.05) is 30.7 Å². The average Bonchev–Trinajstić information content (AvgIpc) is 2.55. The van der Waals surface area contributed by atoms with Gasteiger partial charge in [0.05, 0.1) is 7.11 Å². The van der Waals surface area contributed by atoms with Crippen LogP contribution in [0, 0.1) is 0 Å².